The highest BCUT2D eigenvalue weighted by Gasteiger charge is 2.07. The molecule has 0 spiro atoms. The van der Waals surface area contributed by atoms with Gasteiger partial charge in [0.1, 0.15) is 12.1 Å². The van der Waals surface area contributed by atoms with E-state index in [0.717, 1.165) is 17.0 Å². The maximum Gasteiger partial charge on any atom is 0.240 e. The van der Waals surface area contributed by atoms with E-state index in [1.54, 1.807) is 23.1 Å². The van der Waals surface area contributed by atoms with Crippen LogP contribution in [0.2, 0.25) is 0 Å². The summed E-state index contributed by atoms with van der Waals surface area (Å²) in [5, 5.41) is 12.8. The summed E-state index contributed by atoms with van der Waals surface area (Å²) in [4.78, 5) is 4.08. The molecule has 0 aliphatic carbocycles. The van der Waals surface area contributed by atoms with Crippen molar-refractivity contribution in [2.45, 2.75) is 41.5 Å². The number of hydrogen-bond acceptors (Lipinski definition) is 4. The molecule has 0 aromatic carbocycles. The molecule has 2 aromatic heterocycles. The van der Waals surface area contributed by atoms with Gasteiger partial charge in [-0.25, -0.2) is 9.50 Å². The number of nitrogens with zero attached hydrogens (tertiary/aromatic N) is 3. The minimum Gasteiger partial charge on any atom is -0.474 e. The molecular formula is C15H27N3O2. The van der Waals surface area contributed by atoms with Crippen molar-refractivity contribution in [3.8, 4) is 5.88 Å². The van der Waals surface area contributed by atoms with Gasteiger partial charge < -0.3 is 9.84 Å². The van der Waals surface area contributed by atoms with E-state index >= 15 is 0 Å². The zero-order chi connectivity index (χ0) is 15.5. The van der Waals surface area contributed by atoms with Gasteiger partial charge in [-0.15, -0.1) is 0 Å². The fraction of sp³-hybridized carbons (Fsp3) is 0.600. The molecule has 0 atom stereocenters. The van der Waals surface area contributed by atoms with Crippen LogP contribution in [0.25, 0.3) is 5.52 Å². The second kappa shape index (κ2) is 10.2. The third kappa shape index (κ3) is 6.02. The molecule has 0 aliphatic rings. The van der Waals surface area contributed by atoms with Gasteiger partial charge in [0.2, 0.25) is 5.88 Å². The predicted octanol–water partition coefficient (Wildman–Crippen LogP) is 3.10. The Bertz CT molecular complexity index is 478. The highest BCUT2D eigenvalue weighted by molar-refractivity contribution is 5.60. The maximum atomic E-state index is 8.64. The van der Waals surface area contributed by atoms with Gasteiger partial charge in [0, 0.05) is 18.0 Å². The Hall–Kier alpha value is -1.62. The summed E-state index contributed by atoms with van der Waals surface area (Å²) in [6, 6.07) is 0. The molecule has 5 heteroatoms. The van der Waals surface area contributed by atoms with E-state index in [4.69, 9.17) is 9.84 Å². The Morgan fingerprint density at radius 1 is 1.30 bits per heavy atom. The fourth-order valence-electron chi connectivity index (χ4n) is 1.30. The molecule has 2 aromatic rings. The third-order valence-electron chi connectivity index (χ3n) is 1.91. The second-order valence-electron chi connectivity index (χ2n) is 4.66. The van der Waals surface area contributed by atoms with E-state index in [-0.39, 0.29) is 13.2 Å². The van der Waals surface area contributed by atoms with E-state index in [2.05, 4.69) is 30.9 Å². The fourth-order valence-corrected chi connectivity index (χ4v) is 1.30. The van der Waals surface area contributed by atoms with Gasteiger partial charge in [0.05, 0.1) is 12.8 Å². The van der Waals surface area contributed by atoms with Gasteiger partial charge in [-0.05, 0) is 12.8 Å². The highest BCUT2D eigenvalue weighted by Crippen LogP contribution is 2.19. The van der Waals surface area contributed by atoms with Crippen LogP contribution in [0.15, 0.2) is 18.6 Å². The first-order chi connectivity index (χ1) is 9.56. The summed E-state index contributed by atoms with van der Waals surface area (Å²) in [7, 11) is 0. The number of hydrogen-bond donors (Lipinski definition) is 1. The summed E-state index contributed by atoms with van der Waals surface area (Å²) < 4.78 is 6.99. The Morgan fingerprint density at radius 2 is 1.90 bits per heavy atom. The average molecular weight is 281 g/mol. The lowest BCUT2D eigenvalue weighted by Crippen LogP contribution is -2.04. The Balaban J connectivity index is 0.000000521. The first-order valence-electron chi connectivity index (χ1n) is 7.08. The number of ether oxygens (including phenoxy) is 1. The molecule has 2 heterocycles. The van der Waals surface area contributed by atoms with Crippen LogP contribution < -0.4 is 4.74 Å². The van der Waals surface area contributed by atoms with Crippen LogP contribution >= 0.6 is 0 Å². The van der Waals surface area contributed by atoms with Crippen molar-refractivity contribution in [2.75, 3.05) is 13.2 Å². The van der Waals surface area contributed by atoms with E-state index in [1.165, 1.54) is 0 Å². The summed E-state index contributed by atoms with van der Waals surface area (Å²) in [6.45, 7) is 12.7. The molecular weight excluding hydrogens is 254 g/mol. The zero-order valence-electron chi connectivity index (χ0n) is 13.4. The van der Waals surface area contributed by atoms with Crippen molar-refractivity contribution in [3.63, 3.8) is 0 Å². The van der Waals surface area contributed by atoms with Crippen molar-refractivity contribution in [2.24, 2.45) is 5.92 Å². The van der Waals surface area contributed by atoms with Crippen molar-refractivity contribution in [1.29, 1.82) is 0 Å². The van der Waals surface area contributed by atoms with E-state index in [9.17, 15) is 0 Å². The number of rotatable bonds is 3. The number of aromatic nitrogens is 3. The Morgan fingerprint density at radius 3 is 2.45 bits per heavy atom. The third-order valence-corrected chi connectivity index (χ3v) is 1.91. The normalized spacial score (nSPS) is 9.60. The molecule has 0 saturated heterocycles. The molecule has 0 saturated carbocycles. The first-order valence-corrected chi connectivity index (χ1v) is 7.08. The van der Waals surface area contributed by atoms with Crippen molar-refractivity contribution in [1.82, 2.24) is 14.6 Å². The van der Waals surface area contributed by atoms with Crippen LogP contribution in [0, 0.1) is 12.8 Å². The average Bonchev–Trinajstić information content (AvgIpc) is 2.81. The Labute approximate surface area is 121 Å². The summed E-state index contributed by atoms with van der Waals surface area (Å²) >= 11 is 0. The minimum atomic E-state index is -0.0179. The SMILES string of the molecule is CC.CC(C)C.Cc1cnn2ccnc(OCCO)c12. The lowest BCUT2D eigenvalue weighted by molar-refractivity contribution is 0.198. The van der Waals surface area contributed by atoms with Gasteiger partial charge >= 0.3 is 0 Å². The number of aryl methyl sites for hydroxylation is 1. The van der Waals surface area contributed by atoms with Crippen LogP contribution in [0.3, 0.4) is 0 Å². The molecule has 0 fully saturated rings. The molecule has 0 unspecified atom stereocenters. The summed E-state index contributed by atoms with van der Waals surface area (Å²) in [5.74, 6) is 1.34. The van der Waals surface area contributed by atoms with Gasteiger partial charge in [-0.3, -0.25) is 0 Å². The van der Waals surface area contributed by atoms with E-state index < -0.39 is 0 Å². The van der Waals surface area contributed by atoms with Gasteiger partial charge in [-0.1, -0.05) is 34.6 Å². The summed E-state index contributed by atoms with van der Waals surface area (Å²) in [6.07, 6.45) is 5.13. The molecule has 114 valence electrons. The lowest BCUT2D eigenvalue weighted by Gasteiger charge is -2.04. The molecule has 0 bridgehead atoms. The van der Waals surface area contributed by atoms with Crippen molar-refractivity contribution >= 4 is 5.52 Å². The predicted molar refractivity (Wildman–Crippen MR) is 82.2 cm³/mol. The van der Waals surface area contributed by atoms with Gasteiger partial charge in [0.25, 0.3) is 0 Å². The quantitative estimate of drug-likeness (QED) is 0.939. The maximum absolute atomic E-state index is 8.64. The van der Waals surface area contributed by atoms with Gasteiger partial charge in [0.15, 0.2) is 0 Å². The van der Waals surface area contributed by atoms with Crippen LogP contribution in [0.4, 0.5) is 0 Å². The highest BCUT2D eigenvalue weighted by atomic mass is 16.5. The van der Waals surface area contributed by atoms with E-state index in [0.29, 0.717) is 5.88 Å². The molecule has 5 nitrogen and oxygen atoms in total. The largest absolute Gasteiger partial charge is 0.474 e. The standard InChI is InChI=1S/C9H11N3O2.C4H10.C2H6/c1-7-6-11-12-3-2-10-9(8(7)12)14-5-4-13;1-4(2)3;1-2/h2-3,6,13H,4-5H2,1H3;4H,1-3H3;1-2H3. The van der Waals surface area contributed by atoms with Crippen molar-refractivity contribution in [3.05, 3.63) is 24.2 Å². The molecule has 1 N–H and O–H groups in total. The molecule has 20 heavy (non-hydrogen) atoms. The monoisotopic (exact) mass is 281 g/mol. The molecule has 0 amide bonds. The molecule has 0 radical (unpaired) electrons. The number of aliphatic hydroxyl groups is 1. The first kappa shape index (κ1) is 18.4. The summed E-state index contributed by atoms with van der Waals surface area (Å²) in [5.41, 5.74) is 1.85. The molecule has 2 rings (SSSR count). The lowest BCUT2D eigenvalue weighted by atomic mass is 10.3. The van der Waals surface area contributed by atoms with Crippen LogP contribution in [-0.2, 0) is 0 Å². The van der Waals surface area contributed by atoms with Gasteiger partial charge in [-0.2, -0.15) is 5.10 Å². The zero-order valence-corrected chi connectivity index (χ0v) is 13.4. The van der Waals surface area contributed by atoms with Crippen LogP contribution in [0.5, 0.6) is 5.88 Å². The van der Waals surface area contributed by atoms with Crippen molar-refractivity contribution < 1.29 is 9.84 Å². The molecule has 0 aliphatic heterocycles. The number of aliphatic hydroxyl groups excluding tert-OH is 1. The van der Waals surface area contributed by atoms with Crippen LogP contribution in [0.1, 0.15) is 40.2 Å². The second-order valence-corrected chi connectivity index (χ2v) is 4.66. The van der Waals surface area contributed by atoms with E-state index in [1.807, 2.05) is 20.8 Å². The smallest absolute Gasteiger partial charge is 0.240 e. The van der Waals surface area contributed by atoms with Crippen LogP contribution in [-0.4, -0.2) is 32.9 Å². The number of fused-ring (bicyclic) bond motifs is 1. The minimum absolute atomic E-state index is 0.0179. The Kier molecular flexibility index (Phi) is 9.38. The topological polar surface area (TPSA) is 59.7 Å².